The normalized spacial score (nSPS) is 11.4. The van der Waals surface area contributed by atoms with Crippen molar-refractivity contribution in [3.8, 4) is 0 Å². The van der Waals surface area contributed by atoms with Crippen molar-refractivity contribution in [3.63, 3.8) is 0 Å². The summed E-state index contributed by atoms with van der Waals surface area (Å²) >= 11 is 7.27. The largest absolute Gasteiger partial charge is 0.392 e. The molecule has 1 heterocycles. The summed E-state index contributed by atoms with van der Waals surface area (Å²) in [7, 11) is -3.64. The van der Waals surface area contributed by atoms with E-state index in [0.717, 1.165) is 0 Å². The second-order valence-electron chi connectivity index (χ2n) is 3.53. The molecule has 96 valence electrons. The highest BCUT2D eigenvalue weighted by Gasteiger charge is 2.15. The van der Waals surface area contributed by atoms with Crippen LogP contribution in [-0.4, -0.2) is 13.5 Å². The monoisotopic (exact) mass is 303 g/mol. The summed E-state index contributed by atoms with van der Waals surface area (Å²) in [4.78, 5) is 0.0656. The highest BCUT2D eigenvalue weighted by molar-refractivity contribution is 7.92. The van der Waals surface area contributed by atoms with E-state index in [9.17, 15) is 8.42 Å². The first-order valence-corrected chi connectivity index (χ1v) is 7.77. The zero-order valence-electron chi connectivity index (χ0n) is 9.13. The van der Waals surface area contributed by atoms with Gasteiger partial charge in [0.05, 0.1) is 17.2 Å². The summed E-state index contributed by atoms with van der Waals surface area (Å²) in [5.74, 6) is 0. The molecule has 2 aromatic rings. The molecule has 0 unspecified atom stereocenters. The molecule has 0 saturated heterocycles. The summed E-state index contributed by atoms with van der Waals surface area (Å²) in [6.07, 6.45) is 0. The lowest BCUT2D eigenvalue weighted by Crippen LogP contribution is -2.12. The fourth-order valence-electron chi connectivity index (χ4n) is 1.36. The summed E-state index contributed by atoms with van der Waals surface area (Å²) < 4.78 is 26.5. The van der Waals surface area contributed by atoms with Crippen molar-refractivity contribution >= 4 is 38.6 Å². The average Bonchev–Trinajstić information content (AvgIpc) is 2.81. The van der Waals surface area contributed by atoms with Crippen molar-refractivity contribution in [3.05, 3.63) is 45.6 Å². The van der Waals surface area contributed by atoms with Gasteiger partial charge in [-0.1, -0.05) is 17.7 Å². The lowest BCUT2D eigenvalue weighted by molar-refractivity contribution is 0.282. The number of hydrogen-bond donors (Lipinski definition) is 2. The Labute approximate surface area is 114 Å². The van der Waals surface area contributed by atoms with Crippen LogP contribution >= 0.6 is 22.9 Å². The van der Waals surface area contributed by atoms with E-state index in [1.54, 1.807) is 16.8 Å². The maximum Gasteiger partial charge on any atom is 0.261 e. The third-order valence-electron chi connectivity index (χ3n) is 2.28. The standard InChI is InChI=1S/C11H10ClNO3S2/c12-11-5-10(2-1-8(11)6-14)18(15,16)13-9-3-4-17-7-9/h1-5,7,13-14H,6H2. The zero-order valence-corrected chi connectivity index (χ0v) is 11.5. The maximum absolute atomic E-state index is 12.0. The van der Waals surface area contributed by atoms with Crippen LogP contribution in [0.4, 0.5) is 5.69 Å². The van der Waals surface area contributed by atoms with Crippen molar-refractivity contribution < 1.29 is 13.5 Å². The number of benzene rings is 1. The van der Waals surface area contributed by atoms with Crippen molar-refractivity contribution in [1.82, 2.24) is 0 Å². The van der Waals surface area contributed by atoms with E-state index < -0.39 is 10.0 Å². The molecule has 0 aliphatic heterocycles. The summed E-state index contributed by atoms with van der Waals surface area (Å²) in [6, 6.07) is 5.89. The molecule has 0 aliphatic carbocycles. The molecule has 2 rings (SSSR count). The number of aliphatic hydroxyl groups is 1. The molecular weight excluding hydrogens is 294 g/mol. The number of sulfonamides is 1. The van der Waals surface area contributed by atoms with E-state index in [-0.39, 0.29) is 16.5 Å². The molecule has 1 aromatic heterocycles. The van der Waals surface area contributed by atoms with Gasteiger partial charge in [0, 0.05) is 10.4 Å². The van der Waals surface area contributed by atoms with Gasteiger partial charge < -0.3 is 5.11 Å². The van der Waals surface area contributed by atoms with Gasteiger partial charge in [-0.2, -0.15) is 11.3 Å². The van der Waals surface area contributed by atoms with E-state index in [2.05, 4.69) is 4.72 Å². The van der Waals surface area contributed by atoms with Crippen molar-refractivity contribution in [2.75, 3.05) is 4.72 Å². The van der Waals surface area contributed by atoms with Gasteiger partial charge in [-0.15, -0.1) is 0 Å². The number of anilines is 1. The fourth-order valence-corrected chi connectivity index (χ4v) is 3.40. The topological polar surface area (TPSA) is 66.4 Å². The highest BCUT2D eigenvalue weighted by atomic mass is 35.5. The molecule has 0 radical (unpaired) electrons. The van der Waals surface area contributed by atoms with E-state index in [1.165, 1.54) is 29.5 Å². The van der Waals surface area contributed by atoms with Gasteiger partial charge >= 0.3 is 0 Å². The van der Waals surface area contributed by atoms with Crippen LogP contribution in [0.15, 0.2) is 39.9 Å². The Hall–Kier alpha value is -1.08. The summed E-state index contributed by atoms with van der Waals surface area (Å²) in [5.41, 5.74) is 1.01. The second kappa shape index (κ2) is 5.27. The van der Waals surface area contributed by atoms with Crippen LogP contribution in [-0.2, 0) is 16.6 Å². The lowest BCUT2D eigenvalue weighted by atomic mass is 10.2. The van der Waals surface area contributed by atoms with Crippen LogP contribution in [0, 0.1) is 0 Å². The first kappa shape index (κ1) is 13.4. The van der Waals surface area contributed by atoms with Gasteiger partial charge in [-0.25, -0.2) is 8.42 Å². The number of nitrogens with one attached hydrogen (secondary N) is 1. The molecule has 18 heavy (non-hydrogen) atoms. The van der Waals surface area contributed by atoms with Crippen LogP contribution in [0.3, 0.4) is 0 Å². The van der Waals surface area contributed by atoms with Crippen LogP contribution < -0.4 is 4.72 Å². The number of aliphatic hydroxyl groups excluding tert-OH is 1. The Kier molecular flexibility index (Phi) is 3.91. The Morgan fingerprint density at radius 1 is 1.33 bits per heavy atom. The number of thiophene rings is 1. The number of hydrogen-bond acceptors (Lipinski definition) is 4. The predicted octanol–water partition coefficient (Wildman–Crippen LogP) is 2.69. The molecule has 0 aliphatic rings. The van der Waals surface area contributed by atoms with Gasteiger partial charge in [-0.3, -0.25) is 4.72 Å². The third kappa shape index (κ3) is 2.84. The van der Waals surface area contributed by atoms with Crippen LogP contribution in [0.25, 0.3) is 0 Å². The van der Waals surface area contributed by atoms with E-state index in [0.29, 0.717) is 11.3 Å². The number of rotatable bonds is 4. The van der Waals surface area contributed by atoms with E-state index in [4.69, 9.17) is 16.7 Å². The van der Waals surface area contributed by atoms with Crippen molar-refractivity contribution in [2.24, 2.45) is 0 Å². The first-order valence-electron chi connectivity index (χ1n) is 4.97. The summed E-state index contributed by atoms with van der Waals surface area (Å²) in [6.45, 7) is -0.225. The minimum absolute atomic E-state index is 0.0656. The molecule has 4 nitrogen and oxygen atoms in total. The molecule has 2 N–H and O–H groups in total. The highest BCUT2D eigenvalue weighted by Crippen LogP contribution is 2.23. The Bertz CT molecular complexity index is 638. The minimum atomic E-state index is -3.64. The van der Waals surface area contributed by atoms with Gasteiger partial charge in [0.2, 0.25) is 0 Å². The van der Waals surface area contributed by atoms with Gasteiger partial charge in [0.25, 0.3) is 10.0 Å². The van der Waals surface area contributed by atoms with E-state index >= 15 is 0 Å². The van der Waals surface area contributed by atoms with Crippen LogP contribution in [0.2, 0.25) is 5.02 Å². The zero-order chi connectivity index (χ0) is 13.2. The molecule has 0 bridgehead atoms. The SMILES string of the molecule is O=S(=O)(Nc1ccsc1)c1ccc(CO)c(Cl)c1. The third-order valence-corrected chi connectivity index (χ3v) is 4.69. The van der Waals surface area contributed by atoms with Crippen molar-refractivity contribution in [1.29, 1.82) is 0 Å². The van der Waals surface area contributed by atoms with E-state index in [1.807, 2.05) is 0 Å². The van der Waals surface area contributed by atoms with Gasteiger partial charge in [0.15, 0.2) is 0 Å². The molecule has 0 saturated carbocycles. The second-order valence-corrected chi connectivity index (χ2v) is 6.40. The molecule has 0 spiro atoms. The average molecular weight is 304 g/mol. The molecule has 1 aromatic carbocycles. The van der Waals surface area contributed by atoms with Crippen molar-refractivity contribution in [2.45, 2.75) is 11.5 Å². The van der Waals surface area contributed by atoms with Crippen LogP contribution in [0.1, 0.15) is 5.56 Å². The fraction of sp³-hybridized carbons (Fsp3) is 0.0909. The smallest absolute Gasteiger partial charge is 0.261 e. The molecule has 0 fully saturated rings. The molecular formula is C11H10ClNO3S2. The molecule has 7 heteroatoms. The Morgan fingerprint density at radius 3 is 2.67 bits per heavy atom. The Morgan fingerprint density at radius 2 is 2.11 bits per heavy atom. The number of halogens is 1. The molecule has 0 atom stereocenters. The first-order chi connectivity index (χ1) is 8.53. The quantitative estimate of drug-likeness (QED) is 0.912. The van der Waals surface area contributed by atoms with Gasteiger partial charge in [0.1, 0.15) is 0 Å². The summed E-state index contributed by atoms with van der Waals surface area (Å²) in [5, 5.41) is 12.7. The molecule has 0 amide bonds. The van der Waals surface area contributed by atoms with Crippen LogP contribution in [0.5, 0.6) is 0 Å². The maximum atomic E-state index is 12.0. The predicted molar refractivity (Wildman–Crippen MR) is 72.5 cm³/mol. The minimum Gasteiger partial charge on any atom is -0.392 e. The van der Waals surface area contributed by atoms with Gasteiger partial charge in [-0.05, 0) is 29.1 Å². The lowest BCUT2D eigenvalue weighted by Gasteiger charge is -2.08. The Balaban J connectivity index is 2.33.